The average molecular weight is 381 g/mol. The number of nitriles is 1. The molecule has 1 aliphatic rings. The Bertz CT molecular complexity index is 940. The number of hydrogen-bond acceptors (Lipinski definition) is 6. The fourth-order valence-corrected chi connectivity index (χ4v) is 3.16. The largest absolute Gasteiger partial charge is 0.484 e. The van der Waals surface area contributed by atoms with Crippen molar-refractivity contribution >= 4 is 11.9 Å². The zero-order chi connectivity index (χ0) is 19.9. The van der Waals surface area contributed by atoms with Gasteiger partial charge in [-0.15, -0.1) is 0 Å². The van der Waals surface area contributed by atoms with Gasteiger partial charge in [0, 0.05) is 25.7 Å². The van der Waals surface area contributed by atoms with Crippen LogP contribution < -0.4 is 20.5 Å². The van der Waals surface area contributed by atoms with Gasteiger partial charge in [0.2, 0.25) is 5.95 Å². The van der Waals surface area contributed by atoms with Crippen LogP contribution in [0.4, 0.5) is 5.95 Å². The van der Waals surface area contributed by atoms with E-state index in [4.69, 9.17) is 4.74 Å². The molecule has 146 valence electrons. The summed E-state index contributed by atoms with van der Waals surface area (Å²) in [4.78, 5) is 33.3. The number of amides is 1. The Kier molecular flexibility index (Phi) is 6.27. The lowest BCUT2D eigenvalue weighted by Gasteiger charge is -2.21. The quantitative estimate of drug-likeness (QED) is 0.817. The first-order valence-corrected chi connectivity index (χ1v) is 9.35. The van der Waals surface area contributed by atoms with Crippen LogP contribution in [0.5, 0.6) is 5.75 Å². The van der Waals surface area contributed by atoms with E-state index in [-0.39, 0.29) is 18.1 Å². The summed E-state index contributed by atoms with van der Waals surface area (Å²) in [6, 6.07) is 8.85. The van der Waals surface area contributed by atoms with Crippen LogP contribution >= 0.6 is 0 Å². The number of aromatic nitrogens is 2. The van der Waals surface area contributed by atoms with Gasteiger partial charge in [-0.05, 0) is 25.0 Å². The topological polar surface area (TPSA) is 111 Å². The van der Waals surface area contributed by atoms with E-state index in [1.165, 1.54) is 7.05 Å². The number of nitrogens with one attached hydrogen (secondary N) is 2. The fraction of sp³-hybridized carbons (Fsp3) is 0.400. The predicted octanol–water partition coefficient (Wildman–Crippen LogP) is 1.81. The molecule has 1 saturated heterocycles. The summed E-state index contributed by atoms with van der Waals surface area (Å²) in [5.41, 5.74) is 0.412. The molecule has 1 aromatic heterocycles. The Balaban J connectivity index is 1.97. The van der Waals surface area contributed by atoms with Gasteiger partial charge in [0.1, 0.15) is 17.4 Å². The van der Waals surface area contributed by atoms with E-state index in [0.29, 0.717) is 23.0 Å². The van der Waals surface area contributed by atoms with Crippen LogP contribution in [0.3, 0.4) is 0 Å². The lowest BCUT2D eigenvalue weighted by atomic mass is 10.1. The van der Waals surface area contributed by atoms with Crippen LogP contribution in [0.25, 0.3) is 11.3 Å². The second-order valence-corrected chi connectivity index (χ2v) is 6.62. The number of H-pyrrole nitrogens is 1. The van der Waals surface area contributed by atoms with Gasteiger partial charge in [-0.1, -0.05) is 25.0 Å². The zero-order valence-corrected chi connectivity index (χ0v) is 15.8. The minimum Gasteiger partial charge on any atom is -0.484 e. The van der Waals surface area contributed by atoms with Crippen molar-refractivity contribution in [2.75, 3.05) is 31.6 Å². The molecule has 0 spiro atoms. The minimum atomic E-state index is -0.455. The third-order valence-electron chi connectivity index (χ3n) is 4.68. The molecule has 8 heteroatoms. The van der Waals surface area contributed by atoms with Crippen LogP contribution in [0.1, 0.15) is 31.2 Å². The molecule has 0 bridgehead atoms. The molecule has 0 unspecified atom stereocenters. The molecule has 2 heterocycles. The van der Waals surface area contributed by atoms with Crippen LogP contribution in [0, 0.1) is 11.3 Å². The van der Waals surface area contributed by atoms with E-state index in [2.05, 4.69) is 20.2 Å². The molecule has 1 amide bonds. The van der Waals surface area contributed by atoms with Crippen molar-refractivity contribution < 1.29 is 9.53 Å². The molecular formula is C20H23N5O3. The maximum absolute atomic E-state index is 12.5. The van der Waals surface area contributed by atoms with Crippen molar-refractivity contribution in [3.63, 3.8) is 0 Å². The monoisotopic (exact) mass is 381 g/mol. The van der Waals surface area contributed by atoms with E-state index < -0.39 is 5.56 Å². The number of aromatic amines is 1. The van der Waals surface area contributed by atoms with E-state index in [1.54, 1.807) is 24.3 Å². The number of ether oxygens (including phenoxy) is 1. The Morgan fingerprint density at radius 2 is 2.07 bits per heavy atom. The summed E-state index contributed by atoms with van der Waals surface area (Å²) >= 11 is 0. The van der Waals surface area contributed by atoms with E-state index in [9.17, 15) is 14.9 Å². The molecule has 2 N–H and O–H groups in total. The summed E-state index contributed by atoms with van der Waals surface area (Å²) in [5, 5.41) is 12.0. The normalized spacial score (nSPS) is 14.1. The van der Waals surface area contributed by atoms with Crippen molar-refractivity contribution in [3.8, 4) is 23.1 Å². The second-order valence-electron chi connectivity index (χ2n) is 6.62. The van der Waals surface area contributed by atoms with Gasteiger partial charge >= 0.3 is 0 Å². The second kappa shape index (κ2) is 9.04. The van der Waals surface area contributed by atoms with Crippen LogP contribution in [-0.2, 0) is 4.79 Å². The standard InChI is InChI=1S/C20H23N5O3/c1-22-17(26)13-28-15-8-6-7-14(11-15)18-16(12-21)19(27)24-20(23-18)25-9-4-2-3-5-10-25/h6-8,11H,2-5,9-10,13H2,1H3,(H,22,26)(H,23,24,27). The zero-order valence-electron chi connectivity index (χ0n) is 15.8. The number of carbonyl (C=O) groups is 1. The molecule has 28 heavy (non-hydrogen) atoms. The summed E-state index contributed by atoms with van der Waals surface area (Å²) in [6.07, 6.45) is 4.41. The highest BCUT2D eigenvalue weighted by Crippen LogP contribution is 2.26. The van der Waals surface area contributed by atoms with Gasteiger partial charge < -0.3 is 15.0 Å². The Hall–Kier alpha value is -3.34. The molecule has 3 rings (SSSR count). The average Bonchev–Trinajstić information content (AvgIpc) is 3.01. The van der Waals surface area contributed by atoms with E-state index in [1.807, 2.05) is 6.07 Å². The SMILES string of the molecule is CNC(=O)COc1cccc(-c2nc(N3CCCCCC3)[nH]c(=O)c2C#N)c1. The third-order valence-corrected chi connectivity index (χ3v) is 4.68. The van der Waals surface area contributed by atoms with Gasteiger partial charge in [0.25, 0.3) is 11.5 Å². The van der Waals surface area contributed by atoms with Crippen molar-refractivity contribution in [2.45, 2.75) is 25.7 Å². The van der Waals surface area contributed by atoms with Crippen molar-refractivity contribution in [3.05, 3.63) is 40.2 Å². The molecule has 1 aromatic carbocycles. The maximum Gasteiger partial charge on any atom is 0.270 e. The Morgan fingerprint density at radius 1 is 1.32 bits per heavy atom. The van der Waals surface area contributed by atoms with E-state index in [0.717, 1.165) is 38.8 Å². The number of hydrogen-bond donors (Lipinski definition) is 2. The summed E-state index contributed by atoms with van der Waals surface area (Å²) in [7, 11) is 1.53. The summed E-state index contributed by atoms with van der Waals surface area (Å²) in [5.74, 6) is 0.696. The smallest absolute Gasteiger partial charge is 0.270 e. The molecule has 2 aromatic rings. The van der Waals surface area contributed by atoms with Crippen molar-refractivity contribution in [2.24, 2.45) is 0 Å². The maximum atomic E-state index is 12.5. The Morgan fingerprint density at radius 3 is 2.75 bits per heavy atom. The highest BCUT2D eigenvalue weighted by molar-refractivity contribution is 5.77. The molecule has 1 fully saturated rings. The number of carbonyl (C=O) groups excluding carboxylic acids is 1. The van der Waals surface area contributed by atoms with Crippen LogP contribution in [-0.4, -0.2) is 42.6 Å². The highest BCUT2D eigenvalue weighted by Gasteiger charge is 2.18. The van der Waals surface area contributed by atoms with Gasteiger partial charge in [0.05, 0.1) is 5.69 Å². The number of nitrogens with zero attached hydrogens (tertiary/aromatic N) is 3. The van der Waals surface area contributed by atoms with Crippen LogP contribution in [0.15, 0.2) is 29.1 Å². The first-order valence-electron chi connectivity index (χ1n) is 9.35. The summed E-state index contributed by atoms with van der Waals surface area (Å²) in [6.45, 7) is 1.53. The number of anilines is 1. The molecular weight excluding hydrogens is 358 g/mol. The lowest BCUT2D eigenvalue weighted by molar-refractivity contribution is -0.122. The van der Waals surface area contributed by atoms with E-state index >= 15 is 0 Å². The van der Waals surface area contributed by atoms with Gasteiger partial charge in [-0.2, -0.15) is 5.26 Å². The molecule has 1 aliphatic heterocycles. The highest BCUT2D eigenvalue weighted by atomic mass is 16.5. The first-order chi connectivity index (χ1) is 13.6. The molecule has 0 saturated carbocycles. The molecule has 8 nitrogen and oxygen atoms in total. The van der Waals surface area contributed by atoms with Crippen LogP contribution in [0.2, 0.25) is 0 Å². The lowest BCUT2D eigenvalue weighted by Crippen LogP contribution is -2.29. The molecule has 0 radical (unpaired) electrons. The Labute approximate surface area is 163 Å². The number of likely N-dealkylation sites (N-methyl/N-ethyl adjacent to an activating group) is 1. The van der Waals surface area contributed by atoms with Gasteiger partial charge in [-0.3, -0.25) is 14.6 Å². The molecule has 0 aliphatic carbocycles. The van der Waals surface area contributed by atoms with Crippen molar-refractivity contribution in [1.29, 1.82) is 5.26 Å². The first kappa shape index (κ1) is 19.4. The number of benzene rings is 1. The molecule has 0 atom stereocenters. The number of rotatable bonds is 5. The third kappa shape index (κ3) is 4.49. The van der Waals surface area contributed by atoms with Crippen molar-refractivity contribution in [1.82, 2.24) is 15.3 Å². The summed E-state index contributed by atoms with van der Waals surface area (Å²) < 4.78 is 5.47. The minimum absolute atomic E-state index is 0.0398. The van der Waals surface area contributed by atoms with Gasteiger partial charge in [-0.25, -0.2) is 4.98 Å². The predicted molar refractivity (Wildman–Crippen MR) is 105 cm³/mol. The van der Waals surface area contributed by atoms with Gasteiger partial charge in [0.15, 0.2) is 6.61 Å². The fourth-order valence-electron chi connectivity index (χ4n) is 3.16.